The van der Waals surface area contributed by atoms with Crippen molar-refractivity contribution in [2.75, 3.05) is 13.7 Å². The lowest BCUT2D eigenvalue weighted by atomic mass is 9.95. The molecule has 0 spiro atoms. The summed E-state index contributed by atoms with van der Waals surface area (Å²) < 4.78 is 17.7. The van der Waals surface area contributed by atoms with Crippen molar-refractivity contribution in [3.8, 4) is 17.2 Å². The minimum Gasteiger partial charge on any atom is -0.493 e. The number of hydrazone groups is 1. The summed E-state index contributed by atoms with van der Waals surface area (Å²) >= 11 is 0. The number of ether oxygens (including phenoxy) is 3. The fourth-order valence-electron chi connectivity index (χ4n) is 4.29. The van der Waals surface area contributed by atoms with E-state index >= 15 is 0 Å². The van der Waals surface area contributed by atoms with Crippen LogP contribution in [0.5, 0.6) is 17.2 Å². The van der Waals surface area contributed by atoms with Gasteiger partial charge >= 0.3 is 0 Å². The van der Waals surface area contributed by atoms with Gasteiger partial charge in [-0.15, -0.1) is 0 Å². The van der Waals surface area contributed by atoms with E-state index in [-0.39, 0.29) is 12.3 Å². The molecule has 2 aliphatic heterocycles. The van der Waals surface area contributed by atoms with E-state index in [1.807, 2.05) is 37.3 Å². The van der Waals surface area contributed by atoms with Gasteiger partial charge in [-0.25, -0.2) is 5.01 Å². The monoisotopic (exact) mass is 414 g/mol. The zero-order valence-corrected chi connectivity index (χ0v) is 18.0. The minimum absolute atomic E-state index is 0.129. The molecular weight excluding hydrogens is 388 g/mol. The highest BCUT2D eigenvalue weighted by Gasteiger charge is 2.41. The summed E-state index contributed by atoms with van der Waals surface area (Å²) in [6, 6.07) is 22.9. The predicted molar refractivity (Wildman–Crippen MR) is 121 cm³/mol. The van der Waals surface area contributed by atoms with Gasteiger partial charge in [0.15, 0.2) is 11.5 Å². The molecule has 2 aliphatic rings. The number of aryl methyl sites for hydroxylation is 1. The van der Waals surface area contributed by atoms with Gasteiger partial charge in [-0.2, -0.15) is 5.10 Å². The summed E-state index contributed by atoms with van der Waals surface area (Å²) in [7, 11) is 1.66. The lowest BCUT2D eigenvalue weighted by Crippen LogP contribution is -2.33. The van der Waals surface area contributed by atoms with Crippen LogP contribution in [0.4, 0.5) is 0 Å². The third-order valence-corrected chi connectivity index (χ3v) is 5.86. The van der Waals surface area contributed by atoms with Crippen LogP contribution in [0.1, 0.15) is 47.9 Å². The molecule has 0 aliphatic carbocycles. The third kappa shape index (κ3) is 3.50. The molecule has 0 radical (unpaired) electrons. The van der Waals surface area contributed by atoms with Gasteiger partial charge < -0.3 is 14.2 Å². The Balaban J connectivity index is 1.56. The third-order valence-electron chi connectivity index (χ3n) is 5.86. The first-order valence-electron chi connectivity index (χ1n) is 10.7. The summed E-state index contributed by atoms with van der Waals surface area (Å²) in [6.45, 7) is 4.65. The number of para-hydroxylation sites is 1. The molecule has 0 unspecified atom stereocenters. The number of hydrogen-bond donors (Lipinski definition) is 0. The molecule has 158 valence electrons. The first kappa shape index (κ1) is 19.5. The highest BCUT2D eigenvalue weighted by molar-refractivity contribution is 6.02. The molecule has 2 heterocycles. The second-order valence-electron chi connectivity index (χ2n) is 7.86. The van der Waals surface area contributed by atoms with Crippen molar-refractivity contribution < 1.29 is 14.2 Å². The Morgan fingerprint density at radius 3 is 2.61 bits per heavy atom. The normalized spacial score (nSPS) is 19.2. The average Bonchev–Trinajstić information content (AvgIpc) is 3.25. The van der Waals surface area contributed by atoms with Gasteiger partial charge in [0.05, 0.1) is 25.5 Å². The molecule has 31 heavy (non-hydrogen) atoms. The van der Waals surface area contributed by atoms with Crippen LogP contribution in [0.2, 0.25) is 0 Å². The highest BCUT2D eigenvalue weighted by Crippen LogP contribution is 2.48. The Kier molecular flexibility index (Phi) is 5.02. The molecule has 3 aromatic rings. The van der Waals surface area contributed by atoms with Crippen molar-refractivity contribution in [2.24, 2.45) is 5.10 Å². The van der Waals surface area contributed by atoms with Crippen molar-refractivity contribution in [1.82, 2.24) is 5.01 Å². The number of benzene rings is 3. The molecule has 0 amide bonds. The summed E-state index contributed by atoms with van der Waals surface area (Å²) in [5.41, 5.74) is 5.62. The van der Waals surface area contributed by atoms with Crippen LogP contribution in [0.15, 0.2) is 71.8 Å². The smallest absolute Gasteiger partial charge is 0.214 e. The molecule has 0 fully saturated rings. The predicted octanol–water partition coefficient (Wildman–Crippen LogP) is 5.64. The van der Waals surface area contributed by atoms with Gasteiger partial charge in [-0.1, -0.05) is 48.0 Å². The number of nitrogens with zero attached hydrogens (tertiary/aromatic N) is 2. The van der Waals surface area contributed by atoms with Crippen molar-refractivity contribution in [3.05, 3.63) is 89.0 Å². The van der Waals surface area contributed by atoms with Gasteiger partial charge in [-0.3, -0.25) is 0 Å². The van der Waals surface area contributed by atoms with Crippen LogP contribution >= 0.6 is 0 Å². The number of rotatable bonds is 5. The van der Waals surface area contributed by atoms with E-state index < -0.39 is 0 Å². The van der Waals surface area contributed by atoms with Gasteiger partial charge in [-0.05, 0) is 43.7 Å². The molecule has 5 nitrogen and oxygen atoms in total. The van der Waals surface area contributed by atoms with E-state index in [2.05, 4.69) is 48.3 Å². The second-order valence-corrected chi connectivity index (χ2v) is 7.86. The molecule has 0 saturated carbocycles. The lowest BCUT2D eigenvalue weighted by molar-refractivity contribution is -0.0191. The largest absolute Gasteiger partial charge is 0.493 e. The van der Waals surface area contributed by atoms with E-state index in [0.29, 0.717) is 12.4 Å². The topological polar surface area (TPSA) is 43.3 Å². The molecule has 2 atom stereocenters. The fourth-order valence-corrected chi connectivity index (χ4v) is 4.29. The van der Waals surface area contributed by atoms with E-state index in [0.717, 1.165) is 34.8 Å². The maximum Gasteiger partial charge on any atom is 0.214 e. The van der Waals surface area contributed by atoms with E-state index in [9.17, 15) is 0 Å². The Morgan fingerprint density at radius 1 is 1.03 bits per heavy atom. The SMILES string of the molecule is CCOc1ccc([C@H]2Oc3ccccc3[C@@H]3CC(c4ccc(C)cc4)=NN23)cc1OC. The van der Waals surface area contributed by atoms with Crippen LogP contribution in [0.3, 0.4) is 0 Å². The van der Waals surface area contributed by atoms with Crippen molar-refractivity contribution in [2.45, 2.75) is 32.5 Å². The van der Waals surface area contributed by atoms with Crippen molar-refractivity contribution in [3.63, 3.8) is 0 Å². The molecule has 3 aromatic carbocycles. The standard InChI is InChI=1S/C26H26N2O3/c1-4-30-24-14-13-19(15-25(24)29-3)26-28-22(20-7-5-6-8-23(20)31-26)16-21(27-28)18-11-9-17(2)10-12-18/h5-15,22,26H,4,16H2,1-3H3/t22-,26+/m0/s1. The summed E-state index contributed by atoms with van der Waals surface area (Å²) in [6.07, 6.45) is 0.501. The van der Waals surface area contributed by atoms with Gasteiger partial charge in [0.1, 0.15) is 5.75 Å². The quantitative estimate of drug-likeness (QED) is 0.542. The van der Waals surface area contributed by atoms with Crippen LogP contribution in [-0.4, -0.2) is 24.4 Å². The molecule has 0 bridgehead atoms. The van der Waals surface area contributed by atoms with Crippen LogP contribution < -0.4 is 14.2 Å². The minimum atomic E-state index is -0.340. The summed E-state index contributed by atoms with van der Waals surface area (Å²) in [5.74, 6) is 2.33. The van der Waals surface area contributed by atoms with E-state index in [4.69, 9.17) is 19.3 Å². The number of fused-ring (bicyclic) bond motifs is 3. The second kappa shape index (κ2) is 7.99. The molecule has 0 saturated heterocycles. The number of methoxy groups -OCH3 is 1. The van der Waals surface area contributed by atoms with E-state index in [1.54, 1.807) is 7.11 Å². The molecule has 5 heteroatoms. The zero-order valence-electron chi connectivity index (χ0n) is 18.0. The number of hydrogen-bond acceptors (Lipinski definition) is 5. The highest BCUT2D eigenvalue weighted by atomic mass is 16.5. The fraction of sp³-hybridized carbons (Fsp3) is 0.269. The zero-order chi connectivity index (χ0) is 21.4. The molecule has 5 rings (SSSR count). The van der Waals surface area contributed by atoms with Gasteiger partial charge in [0.2, 0.25) is 6.23 Å². The maximum absolute atomic E-state index is 6.46. The van der Waals surface area contributed by atoms with Gasteiger partial charge in [0.25, 0.3) is 0 Å². The summed E-state index contributed by atoms with van der Waals surface area (Å²) in [5, 5.41) is 7.12. The first-order chi connectivity index (χ1) is 15.2. The Labute approximate surface area is 182 Å². The van der Waals surface area contributed by atoms with Crippen molar-refractivity contribution in [1.29, 1.82) is 0 Å². The molecular formula is C26H26N2O3. The molecule has 0 N–H and O–H groups in total. The lowest BCUT2D eigenvalue weighted by Gasteiger charge is -2.38. The average molecular weight is 415 g/mol. The maximum atomic E-state index is 6.46. The Morgan fingerprint density at radius 2 is 1.84 bits per heavy atom. The Hall–Kier alpha value is -3.47. The van der Waals surface area contributed by atoms with E-state index in [1.165, 1.54) is 11.1 Å². The first-order valence-corrected chi connectivity index (χ1v) is 10.7. The van der Waals surface area contributed by atoms with Crippen molar-refractivity contribution >= 4 is 5.71 Å². The van der Waals surface area contributed by atoms with Crippen LogP contribution in [0, 0.1) is 6.92 Å². The van der Waals surface area contributed by atoms with Crippen LogP contribution in [-0.2, 0) is 0 Å². The summed E-state index contributed by atoms with van der Waals surface area (Å²) in [4.78, 5) is 0. The van der Waals surface area contributed by atoms with Crippen LogP contribution in [0.25, 0.3) is 0 Å². The molecule has 0 aromatic heterocycles. The van der Waals surface area contributed by atoms with Gasteiger partial charge in [0, 0.05) is 17.5 Å². The Bertz CT molecular complexity index is 1120.